The maximum absolute atomic E-state index is 4.86. The standard InChI is InChI=1S/C21H25N/c1-14(2)9-17-5-6-18-7-8-22-21(20(18)13-17)19-11-15(3)10-16(4)12-19/h5-6,10-14H,7-9H2,1-4H3. The number of aliphatic imine (C=N–C) groups is 1. The van der Waals surface area contributed by atoms with E-state index >= 15 is 0 Å². The molecule has 2 aromatic carbocycles. The van der Waals surface area contributed by atoms with Crippen molar-refractivity contribution in [2.45, 2.75) is 40.5 Å². The molecule has 0 unspecified atom stereocenters. The van der Waals surface area contributed by atoms with Gasteiger partial charge in [-0.1, -0.05) is 43.2 Å². The van der Waals surface area contributed by atoms with Gasteiger partial charge in [0.05, 0.1) is 5.71 Å². The lowest BCUT2D eigenvalue weighted by atomic mass is 9.89. The number of rotatable bonds is 3. The fourth-order valence-electron chi connectivity index (χ4n) is 3.39. The summed E-state index contributed by atoms with van der Waals surface area (Å²) in [5.41, 5.74) is 9.27. The number of aryl methyl sites for hydroxylation is 2. The van der Waals surface area contributed by atoms with Crippen molar-refractivity contribution in [2.75, 3.05) is 6.54 Å². The van der Waals surface area contributed by atoms with E-state index in [0.29, 0.717) is 5.92 Å². The Morgan fingerprint density at radius 1 is 1.00 bits per heavy atom. The molecular formula is C21H25N. The zero-order chi connectivity index (χ0) is 15.7. The van der Waals surface area contributed by atoms with Gasteiger partial charge in [-0.15, -0.1) is 0 Å². The lowest BCUT2D eigenvalue weighted by molar-refractivity contribution is 0.647. The summed E-state index contributed by atoms with van der Waals surface area (Å²) in [7, 11) is 0. The van der Waals surface area contributed by atoms with E-state index < -0.39 is 0 Å². The van der Waals surface area contributed by atoms with Gasteiger partial charge in [-0.2, -0.15) is 0 Å². The average molecular weight is 291 g/mol. The van der Waals surface area contributed by atoms with Gasteiger partial charge in [0.2, 0.25) is 0 Å². The van der Waals surface area contributed by atoms with Crippen LogP contribution in [-0.2, 0) is 12.8 Å². The van der Waals surface area contributed by atoms with Gasteiger partial charge in [0, 0.05) is 17.7 Å². The highest BCUT2D eigenvalue weighted by atomic mass is 14.7. The first kappa shape index (κ1) is 15.0. The second-order valence-electron chi connectivity index (χ2n) is 6.95. The molecule has 0 amide bonds. The number of benzene rings is 2. The Morgan fingerprint density at radius 2 is 1.73 bits per heavy atom. The van der Waals surface area contributed by atoms with Crippen molar-refractivity contribution in [3.63, 3.8) is 0 Å². The highest BCUT2D eigenvalue weighted by molar-refractivity contribution is 6.14. The molecule has 1 heteroatoms. The number of fused-ring (bicyclic) bond motifs is 1. The quantitative estimate of drug-likeness (QED) is 0.763. The van der Waals surface area contributed by atoms with E-state index in [2.05, 4.69) is 64.1 Å². The molecule has 0 aliphatic carbocycles. The normalized spacial score (nSPS) is 14.0. The molecule has 1 aliphatic rings. The van der Waals surface area contributed by atoms with Crippen LogP contribution in [0.2, 0.25) is 0 Å². The molecule has 1 aliphatic heterocycles. The van der Waals surface area contributed by atoms with Crippen LogP contribution in [0.25, 0.3) is 0 Å². The molecule has 0 radical (unpaired) electrons. The van der Waals surface area contributed by atoms with Gasteiger partial charge in [0.15, 0.2) is 0 Å². The molecule has 0 atom stereocenters. The summed E-state index contributed by atoms with van der Waals surface area (Å²) >= 11 is 0. The number of hydrogen-bond acceptors (Lipinski definition) is 1. The summed E-state index contributed by atoms with van der Waals surface area (Å²) < 4.78 is 0. The lowest BCUT2D eigenvalue weighted by Gasteiger charge is -2.19. The molecule has 114 valence electrons. The van der Waals surface area contributed by atoms with Gasteiger partial charge < -0.3 is 0 Å². The summed E-state index contributed by atoms with van der Waals surface area (Å²) in [5.74, 6) is 0.684. The molecular weight excluding hydrogens is 266 g/mol. The Kier molecular flexibility index (Phi) is 4.15. The van der Waals surface area contributed by atoms with E-state index in [1.54, 1.807) is 0 Å². The molecule has 1 nitrogen and oxygen atoms in total. The van der Waals surface area contributed by atoms with Crippen LogP contribution in [0.5, 0.6) is 0 Å². The molecule has 0 aromatic heterocycles. The second kappa shape index (κ2) is 6.08. The smallest absolute Gasteiger partial charge is 0.0722 e. The Labute approximate surface area is 134 Å². The summed E-state index contributed by atoms with van der Waals surface area (Å²) in [4.78, 5) is 4.86. The first-order valence-electron chi connectivity index (χ1n) is 8.28. The Bertz CT molecular complexity index is 702. The van der Waals surface area contributed by atoms with Crippen molar-refractivity contribution in [2.24, 2.45) is 10.9 Å². The summed E-state index contributed by atoms with van der Waals surface area (Å²) in [6.07, 6.45) is 2.19. The van der Waals surface area contributed by atoms with Crippen molar-refractivity contribution in [3.8, 4) is 0 Å². The minimum Gasteiger partial charge on any atom is -0.284 e. The van der Waals surface area contributed by atoms with E-state index in [4.69, 9.17) is 4.99 Å². The van der Waals surface area contributed by atoms with Crippen molar-refractivity contribution >= 4 is 5.71 Å². The van der Waals surface area contributed by atoms with Crippen molar-refractivity contribution in [1.29, 1.82) is 0 Å². The predicted molar refractivity (Wildman–Crippen MR) is 95.1 cm³/mol. The van der Waals surface area contributed by atoms with Gasteiger partial charge in [0.1, 0.15) is 0 Å². The molecule has 1 heterocycles. The van der Waals surface area contributed by atoms with E-state index in [1.165, 1.54) is 39.1 Å². The van der Waals surface area contributed by atoms with E-state index in [0.717, 1.165) is 19.4 Å². The summed E-state index contributed by atoms with van der Waals surface area (Å²) in [6, 6.07) is 13.7. The van der Waals surface area contributed by atoms with E-state index in [9.17, 15) is 0 Å². The Balaban J connectivity index is 2.06. The Hall–Kier alpha value is -1.89. The topological polar surface area (TPSA) is 12.4 Å². The third kappa shape index (κ3) is 3.14. The van der Waals surface area contributed by atoms with Crippen LogP contribution < -0.4 is 0 Å². The van der Waals surface area contributed by atoms with Gasteiger partial charge >= 0.3 is 0 Å². The number of hydrogen-bond donors (Lipinski definition) is 0. The zero-order valence-electron chi connectivity index (χ0n) is 14.1. The SMILES string of the molecule is Cc1cc(C)cc(C2=NCCc3ccc(CC(C)C)cc32)c1. The minimum atomic E-state index is 0.684. The molecule has 2 aromatic rings. The van der Waals surface area contributed by atoms with Gasteiger partial charge in [0.25, 0.3) is 0 Å². The van der Waals surface area contributed by atoms with E-state index in [-0.39, 0.29) is 0 Å². The van der Waals surface area contributed by atoms with Crippen LogP contribution in [0.4, 0.5) is 0 Å². The van der Waals surface area contributed by atoms with Crippen molar-refractivity contribution < 1.29 is 0 Å². The predicted octanol–water partition coefficient (Wildman–Crippen LogP) is 4.90. The fourth-order valence-corrected chi connectivity index (χ4v) is 3.39. The molecule has 0 bridgehead atoms. The van der Waals surface area contributed by atoms with Gasteiger partial charge in [-0.3, -0.25) is 4.99 Å². The maximum atomic E-state index is 4.86. The van der Waals surface area contributed by atoms with Gasteiger partial charge in [-0.05, 0) is 61.9 Å². The monoisotopic (exact) mass is 291 g/mol. The molecule has 3 rings (SSSR count). The summed E-state index contributed by atoms with van der Waals surface area (Å²) in [6.45, 7) is 9.78. The summed E-state index contributed by atoms with van der Waals surface area (Å²) in [5, 5.41) is 0. The van der Waals surface area contributed by atoms with E-state index in [1.807, 2.05) is 0 Å². The van der Waals surface area contributed by atoms with Crippen molar-refractivity contribution in [1.82, 2.24) is 0 Å². The second-order valence-corrected chi connectivity index (χ2v) is 6.95. The molecule has 0 saturated heterocycles. The zero-order valence-corrected chi connectivity index (χ0v) is 14.1. The molecule has 0 spiro atoms. The van der Waals surface area contributed by atoms with Crippen LogP contribution in [0.3, 0.4) is 0 Å². The molecule has 0 N–H and O–H groups in total. The molecule has 0 saturated carbocycles. The third-order valence-electron chi connectivity index (χ3n) is 4.22. The highest BCUT2D eigenvalue weighted by Crippen LogP contribution is 2.24. The van der Waals surface area contributed by atoms with Crippen LogP contribution >= 0.6 is 0 Å². The average Bonchev–Trinajstić information content (AvgIpc) is 2.45. The Morgan fingerprint density at radius 3 is 2.41 bits per heavy atom. The third-order valence-corrected chi connectivity index (χ3v) is 4.22. The first-order chi connectivity index (χ1) is 10.5. The van der Waals surface area contributed by atoms with Crippen LogP contribution in [0, 0.1) is 19.8 Å². The van der Waals surface area contributed by atoms with Crippen LogP contribution in [0.1, 0.15) is 47.2 Å². The maximum Gasteiger partial charge on any atom is 0.0722 e. The fraction of sp³-hybridized carbons (Fsp3) is 0.381. The lowest BCUT2D eigenvalue weighted by Crippen LogP contribution is -2.15. The van der Waals surface area contributed by atoms with Gasteiger partial charge in [-0.25, -0.2) is 0 Å². The minimum absolute atomic E-state index is 0.684. The first-order valence-corrected chi connectivity index (χ1v) is 8.28. The number of nitrogens with zero attached hydrogens (tertiary/aromatic N) is 1. The van der Waals surface area contributed by atoms with Crippen LogP contribution in [0.15, 0.2) is 41.4 Å². The van der Waals surface area contributed by atoms with Crippen molar-refractivity contribution in [3.05, 3.63) is 69.8 Å². The highest BCUT2D eigenvalue weighted by Gasteiger charge is 2.17. The molecule has 22 heavy (non-hydrogen) atoms. The largest absolute Gasteiger partial charge is 0.284 e. The van der Waals surface area contributed by atoms with Crippen LogP contribution in [-0.4, -0.2) is 12.3 Å². The molecule has 0 fully saturated rings.